The second-order valence-electron chi connectivity index (χ2n) is 5.03. The molecule has 2 aromatic carbocycles. The van der Waals surface area contributed by atoms with Crippen LogP contribution in [-0.2, 0) is 0 Å². The topological polar surface area (TPSA) is 63.3 Å². The van der Waals surface area contributed by atoms with Gasteiger partial charge in [-0.05, 0) is 30.3 Å². The highest BCUT2D eigenvalue weighted by atomic mass is 79.9. The Morgan fingerprint density at radius 3 is 2.96 bits per heavy atom. The van der Waals surface area contributed by atoms with Gasteiger partial charge in [0.05, 0.1) is 6.21 Å². The number of furan rings is 1. The first kappa shape index (κ1) is 14.8. The van der Waals surface area contributed by atoms with Gasteiger partial charge in [-0.15, -0.1) is 0 Å². The van der Waals surface area contributed by atoms with Crippen molar-refractivity contribution in [1.82, 2.24) is 9.97 Å². The summed E-state index contributed by atoms with van der Waals surface area (Å²) in [5, 5.41) is 4.95. The number of hydrogen-bond acceptors (Lipinski definition) is 5. The molecule has 0 saturated heterocycles. The number of fused-ring (bicyclic) bond motifs is 3. The number of anilines is 1. The molecule has 118 valence electrons. The summed E-state index contributed by atoms with van der Waals surface area (Å²) >= 11 is 3.30. The Labute approximate surface area is 144 Å². The van der Waals surface area contributed by atoms with Crippen LogP contribution < -0.4 is 5.43 Å². The molecule has 4 aromatic rings. The third-order valence-electron chi connectivity index (χ3n) is 3.49. The van der Waals surface area contributed by atoms with Crippen LogP contribution in [0.2, 0.25) is 0 Å². The predicted octanol–water partition coefficient (Wildman–Crippen LogP) is 4.72. The van der Waals surface area contributed by atoms with Crippen LogP contribution in [0.1, 0.15) is 5.56 Å². The van der Waals surface area contributed by atoms with Gasteiger partial charge in [0.1, 0.15) is 23.2 Å². The number of para-hydroxylation sites is 1. The van der Waals surface area contributed by atoms with Crippen molar-refractivity contribution < 1.29 is 8.81 Å². The molecule has 0 aliphatic carbocycles. The van der Waals surface area contributed by atoms with E-state index >= 15 is 0 Å². The fourth-order valence-corrected chi connectivity index (χ4v) is 2.76. The Morgan fingerprint density at radius 1 is 1.17 bits per heavy atom. The minimum atomic E-state index is -0.361. The zero-order valence-electron chi connectivity index (χ0n) is 12.2. The second kappa shape index (κ2) is 6.01. The molecule has 0 aliphatic heterocycles. The lowest BCUT2D eigenvalue weighted by Crippen LogP contribution is -1.96. The molecular weight excluding hydrogens is 375 g/mol. The summed E-state index contributed by atoms with van der Waals surface area (Å²) in [5.41, 5.74) is 5.07. The lowest BCUT2D eigenvalue weighted by molar-refractivity contribution is 0.625. The van der Waals surface area contributed by atoms with E-state index in [4.69, 9.17) is 4.42 Å². The van der Waals surface area contributed by atoms with E-state index in [9.17, 15) is 4.39 Å². The van der Waals surface area contributed by atoms with E-state index in [2.05, 4.69) is 36.4 Å². The maximum Gasteiger partial charge on any atom is 0.197 e. The number of aromatic nitrogens is 2. The fraction of sp³-hybridized carbons (Fsp3) is 0. The molecule has 0 spiro atoms. The van der Waals surface area contributed by atoms with Gasteiger partial charge in [-0.25, -0.2) is 14.4 Å². The molecule has 0 unspecified atom stereocenters. The maximum absolute atomic E-state index is 13.7. The molecule has 1 N–H and O–H groups in total. The Morgan fingerprint density at radius 2 is 2.04 bits per heavy atom. The number of benzene rings is 2. The summed E-state index contributed by atoms with van der Waals surface area (Å²) in [6.07, 6.45) is 2.82. The molecule has 7 heteroatoms. The van der Waals surface area contributed by atoms with Gasteiger partial charge in [-0.1, -0.05) is 28.1 Å². The monoisotopic (exact) mass is 384 g/mol. The highest BCUT2D eigenvalue weighted by molar-refractivity contribution is 9.10. The van der Waals surface area contributed by atoms with Crippen molar-refractivity contribution in [3.8, 4) is 0 Å². The van der Waals surface area contributed by atoms with E-state index in [-0.39, 0.29) is 5.82 Å². The lowest BCUT2D eigenvalue weighted by atomic mass is 10.2. The van der Waals surface area contributed by atoms with E-state index < -0.39 is 0 Å². The maximum atomic E-state index is 13.7. The van der Waals surface area contributed by atoms with Crippen LogP contribution in [0.25, 0.3) is 22.1 Å². The molecule has 2 aromatic heterocycles. The molecule has 0 radical (unpaired) electrons. The molecular formula is C17H10BrFN4O. The highest BCUT2D eigenvalue weighted by Gasteiger charge is 2.12. The van der Waals surface area contributed by atoms with Crippen molar-refractivity contribution in [3.63, 3.8) is 0 Å². The van der Waals surface area contributed by atoms with Crippen LogP contribution in [0.5, 0.6) is 0 Å². The Bertz CT molecular complexity index is 1080. The van der Waals surface area contributed by atoms with Crippen LogP contribution >= 0.6 is 15.9 Å². The van der Waals surface area contributed by atoms with Gasteiger partial charge in [-0.2, -0.15) is 5.10 Å². The predicted molar refractivity (Wildman–Crippen MR) is 94.6 cm³/mol. The first-order chi connectivity index (χ1) is 11.7. The van der Waals surface area contributed by atoms with Gasteiger partial charge in [0.2, 0.25) is 0 Å². The average Bonchev–Trinajstić information content (AvgIpc) is 2.98. The third kappa shape index (κ3) is 2.63. The van der Waals surface area contributed by atoms with Crippen molar-refractivity contribution in [1.29, 1.82) is 0 Å². The first-order valence-corrected chi connectivity index (χ1v) is 7.88. The van der Waals surface area contributed by atoms with Crippen molar-refractivity contribution in [2.24, 2.45) is 5.10 Å². The number of hydrazone groups is 1. The number of rotatable bonds is 3. The molecule has 0 saturated carbocycles. The van der Waals surface area contributed by atoms with Gasteiger partial charge in [0.15, 0.2) is 11.4 Å². The third-order valence-corrected chi connectivity index (χ3v) is 3.98. The SMILES string of the molecule is Fc1ccc(Br)cc1/C=N\Nc1ncnc2c1oc1ccccc12. The first-order valence-electron chi connectivity index (χ1n) is 7.09. The average molecular weight is 385 g/mol. The zero-order chi connectivity index (χ0) is 16.5. The molecule has 5 nitrogen and oxygen atoms in total. The minimum Gasteiger partial charge on any atom is -0.450 e. The van der Waals surface area contributed by atoms with Crippen LogP contribution in [0, 0.1) is 5.82 Å². The molecule has 4 rings (SSSR count). The molecule has 0 atom stereocenters. The van der Waals surface area contributed by atoms with Crippen LogP contribution in [0.15, 0.2) is 62.8 Å². The van der Waals surface area contributed by atoms with E-state index in [1.807, 2.05) is 24.3 Å². The highest BCUT2D eigenvalue weighted by Crippen LogP contribution is 2.30. The second-order valence-corrected chi connectivity index (χ2v) is 5.95. The van der Waals surface area contributed by atoms with Crippen molar-refractivity contribution >= 4 is 50.0 Å². The van der Waals surface area contributed by atoms with Crippen molar-refractivity contribution in [2.75, 3.05) is 5.43 Å². The lowest BCUT2D eigenvalue weighted by Gasteiger charge is -2.00. The van der Waals surface area contributed by atoms with Crippen molar-refractivity contribution in [2.45, 2.75) is 0 Å². The largest absolute Gasteiger partial charge is 0.450 e. The normalized spacial score (nSPS) is 11.6. The number of nitrogens with zero attached hydrogens (tertiary/aromatic N) is 3. The zero-order valence-corrected chi connectivity index (χ0v) is 13.8. The van der Waals surface area contributed by atoms with Crippen molar-refractivity contribution in [3.05, 3.63) is 64.6 Å². The quantitative estimate of drug-likeness (QED) is 0.409. The van der Waals surface area contributed by atoms with Gasteiger partial charge in [-0.3, -0.25) is 5.43 Å². The van der Waals surface area contributed by atoms with Gasteiger partial charge >= 0.3 is 0 Å². The number of hydrogen-bond donors (Lipinski definition) is 1. The van der Waals surface area contributed by atoms with Crippen LogP contribution in [0.4, 0.5) is 10.2 Å². The Hall–Kier alpha value is -2.80. The smallest absolute Gasteiger partial charge is 0.197 e. The Kier molecular flexibility index (Phi) is 3.70. The molecule has 24 heavy (non-hydrogen) atoms. The minimum absolute atomic E-state index is 0.354. The van der Waals surface area contributed by atoms with Gasteiger partial charge < -0.3 is 4.42 Å². The summed E-state index contributed by atoms with van der Waals surface area (Å²) in [4.78, 5) is 8.40. The summed E-state index contributed by atoms with van der Waals surface area (Å²) in [5.74, 6) is 0.0585. The molecule has 0 amide bonds. The Balaban J connectivity index is 1.70. The van der Waals surface area contributed by atoms with Crippen LogP contribution in [-0.4, -0.2) is 16.2 Å². The molecule has 0 bridgehead atoms. The summed E-state index contributed by atoms with van der Waals surface area (Å²) in [6.45, 7) is 0. The van der Waals surface area contributed by atoms with Gasteiger partial charge in [0.25, 0.3) is 0 Å². The number of nitrogens with one attached hydrogen (secondary N) is 1. The van der Waals surface area contributed by atoms with E-state index in [1.165, 1.54) is 18.6 Å². The summed E-state index contributed by atoms with van der Waals surface area (Å²) in [7, 11) is 0. The van der Waals surface area contributed by atoms with Crippen LogP contribution in [0.3, 0.4) is 0 Å². The van der Waals surface area contributed by atoms with E-state index in [0.717, 1.165) is 15.4 Å². The van der Waals surface area contributed by atoms with Gasteiger partial charge in [0, 0.05) is 15.4 Å². The van der Waals surface area contributed by atoms with E-state index in [1.54, 1.807) is 12.1 Å². The summed E-state index contributed by atoms with van der Waals surface area (Å²) < 4.78 is 20.3. The molecule has 0 fully saturated rings. The molecule has 2 heterocycles. The van der Waals surface area contributed by atoms with E-state index in [0.29, 0.717) is 22.5 Å². The summed E-state index contributed by atoms with van der Waals surface area (Å²) in [6, 6.07) is 12.2. The standard InChI is InChI=1S/C17H10BrFN4O/c18-11-5-6-13(19)10(7-11)8-22-23-17-16-15(20-9-21-17)12-3-1-2-4-14(12)24-16/h1-9H,(H,20,21,23)/b22-8-. The number of halogens is 2. The molecule has 0 aliphatic rings. The fourth-order valence-electron chi connectivity index (χ4n) is 2.38.